The molecular weight excluding hydrogens is 334 g/mol. The number of thioether (sulfide) groups is 1. The monoisotopic (exact) mass is 353 g/mol. The first kappa shape index (κ1) is 16.3. The third kappa shape index (κ3) is 3.87. The quantitative estimate of drug-likeness (QED) is 0.860. The smallest absolute Gasteiger partial charge is 0.251 e. The average Bonchev–Trinajstić information content (AvgIpc) is 2.91. The second-order valence-corrected chi connectivity index (χ2v) is 9.45. The van der Waals surface area contributed by atoms with Crippen LogP contribution < -0.4 is 10.6 Å². The Hall–Kier alpha value is -1.54. The van der Waals surface area contributed by atoms with E-state index in [1.54, 1.807) is 12.1 Å². The number of aliphatic imine (C=N–C) groups is 1. The molecule has 1 aromatic rings. The molecule has 23 heavy (non-hydrogen) atoms. The predicted molar refractivity (Wildman–Crippen MR) is 93.9 cm³/mol. The van der Waals surface area contributed by atoms with E-state index in [9.17, 15) is 13.2 Å². The summed E-state index contributed by atoms with van der Waals surface area (Å²) in [5, 5.41) is 6.80. The van der Waals surface area contributed by atoms with Crippen molar-refractivity contribution < 1.29 is 13.2 Å². The molecule has 3 rings (SSSR count). The molecule has 1 saturated heterocycles. The van der Waals surface area contributed by atoms with Gasteiger partial charge in [0.2, 0.25) is 0 Å². The topological polar surface area (TPSA) is 87.6 Å². The summed E-state index contributed by atoms with van der Waals surface area (Å²) in [6, 6.07) is 7.12. The Morgan fingerprint density at radius 2 is 1.96 bits per heavy atom. The van der Waals surface area contributed by atoms with Gasteiger partial charge < -0.3 is 10.6 Å². The van der Waals surface area contributed by atoms with Gasteiger partial charge in [-0.3, -0.25) is 9.79 Å². The summed E-state index contributed by atoms with van der Waals surface area (Å²) in [5.74, 6) is 0.244. The zero-order chi connectivity index (χ0) is 16.6. The Labute approximate surface area is 140 Å². The summed E-state index contributed by atoms with van der Waals surface area (Å²) < 4.78 is 23.1. The minimum atomic E-state index is -2.93. The lowest BCUT2D eigenvalue weighted by Crippen LogP contribution is -2.29. The van der Waals surface area contributed by atoms with E-state index in [0.29, 0.717) is 5.56 Å². The number of benzene rings is 1. The summed E-state index contributed by atoms with van der Waals surface area (Å²) >= 11 is 1.48. The molecule has 0 aromatic heterocycles. The third-order valence-corrected chi connectivity index (χ3v) is 6.78. The van der Waals surface area contributed by atoms with Gasteiger partial charge in [0.25, 0.3) is 5.91 Å². The molecule has 2 aliphatic rings. The normalized spacial score (nSPS) is 25.1. The lowest BCUT2D eigenvalue weighted by molar-refractivity contribution is 0.0943. The summed E-state index contributed by atoms with van der Waals surface area (Å²) in [6.45, 7) is 3.83. The molecule has 1 fully saturated rings. The molecule has 124 valence electrons. The predicted octanol–water partition coefficient (Wildman–Crippen LogP) is 1.51. The zero-order valence-corrected chi connectivity index (χ0v) is 14.6. The van der Waals surface area contributed by atoms with Crippen LogP contribution in [0.3, 0.4) is 0 Å². The second-order valence-electron chi connectivity index (χ2n) is 6.07. The van der Waals surface area contributed by atoms with Crippen molar-refractivity contribution in [2.45, 2.75) is 31.2 Å². The van der Waals surface area contributed by atoms with Gasteiger partial charge in [0.15, 0.2) is 15.0 Å². The Kier molecular flexibility index (Phi) is 4.37. The first-order chi connectivity index (χ1) is 10.8. The van der Waals surface area contributed by atoms with E-state index in [2.05, 4.69) is 15.6 Å². The zero-order valence-electron chi connectivity index (χ0n) is 12.9. The molecule has 2 heterocycles. The maximum atomic E-state index is 11.9. The molecule has 0 spiro atoms. The highest BCUT2D eigenvalue weighted by molar-refractivity contribution is 8.15. The van der Waals surface area contributed by atoms with Gasteiger partial charge in [-0.25, -0.2) is 8.42 Å². The number of amidine groups is 1. The van der Waals surface area contributed by atoms with E-state index >= 15 is 0 Å². The lowest BCUT2D eigenvalue weighted by atomic mass is 10.2. The molecule has 8 heteroatoms. The standard InChI is InChI=1S/C15H19N3O3S2/c1-9(2)16-14(19)10-3-5-11(6-4-10)17-15-18-12-7-23(20,21)8-13(12)22-15/h3-6,9,12-13H,7-8H2,1-2H3,(H,16,19)(H,17,18). The molecule has 1 aromatic carbocycles. The number of carbonyl (C=O) groups is 1. The summed E-state index contributed by atoms with van der Waals surface area (Å²) in [6.07, 6.45) is 0. The first-order valence-electron chi connectivity index (χ1n) is 7.45. The van der Waals surface area contributed by atoms with E-state index in [1.165, 1.54) is 11.8 Å². The highest BCUT2D eigenvalue weighted by Gasteiger charge is 2.42. The number of carbonyl (C=O) groups excluding carboxylic acids is 1. The number of rotatable bonds is 3. The van der Waals surface area contributed by atoms with Crippen molar-refractivity contribution >= 4 is 38.4 Å². The Bertz CT molecular complexity index is 742. The number of amides is 1. The molecule has 2 N–H and O–H groups in total. The number of fused-ring (bicyclic) bond motifs is 1. The summed E-state index contributed by atoms with van der Waals surface area (Å²) in [7, 11) is -2.93. The van der Waals surface area contributed by atoms with Gasteiger partial charge in [0.05, 0.1) is 17.5 Å². The van der Waals surface area contributed by atoms with E-state index in [4.69, 9.17) is 0 Å². The maximum Gasteiger partial charge on any atom is 0.251 e. The van der Waals surface area contributed by atoms with Crippen molar-refractivity contribution in [3.05, 3.63) is 29.8 Å². The number of sulfone groups is 1. The van der Waals surface area contributed by atoms with E-state index in [0.717, 1.165) is 10.9 Å². The minimum Gasteiger partial charge on any atom is -0.350 e. The molecule has 2 aliphatic heterocycles. The van der Waals surface area contributed by atoms with Crippen LogP contribution in [0, 0.1) is 0 Å². The van der Waals surface area contributed by atoms with Crippen LogP contribution in [0.15, 0.2) is 29.3 Å². The van der Waals surface area contributed by atoms with E-state index in [1.807, 2.05) is 26.0 Å². The molecule has 0 radical (unpaired) electrons. The highest BCUT2D eigenvalue weighted by Crippen LogP contribution is 2.34. The maximum absolute atomic E-state index is 11.9. The van der Waals surface area contributed by atoms with Gasteiger partial charge >= 0.3 is 0 Å². The van der Waals surface area contributed by atoms with Gasteiger partial charge in [0.1, 0.15) is 0 Å². The molecular formula is C15H19N3O3S2. The van der Waals surface area contributed by atoms with Crippen LogP contribution in [0.25, 0.3) is 0 Å². The van der Waals surface area contributed by atoms with Gasteiger partial charge in [-0.2, -0.15) is 0 Å². The van der Waals surface area contributed by atoms with Crippen molar-refractivity contribution in [3.63, 3.8) is 0 Å². The molecule has 2 atom stereocenters. The summed E-state index contributed by atoms with van der Waals surface area (Å²) in [4.78, 5) is 16.3. The van der Waals surface area contributed by atoms with Gasteiger partial charge in [-0.15, -0.1) is 0 Å². The number of hydrogen-bond donors (Lipinski definition) is 2. The number of anilines is 1. The Morgan fingerprint density at radius 3 is 2.57 bits per heavy atom. The van der Waals surface area contributed by atoms with Crippen molar-refractivity contribution in [2.24, 2.45) is 4.99 Å². The SMILES string of the molecule is CC(C)NC(=O)c1ccc(NC2=NC3CS(=O)(=O)CC3S2)cc1. The molecule has 1 amide bonds. The fraction of sp³-hybridized carbons (Fsp3) is 0.467. The molecule has 6 nitrogen and oxygen atoms in total. The van der Waals surface area contributed by atoms with Crippen molar-refractivity contribution in [1.29, 1.82) is 0 Å². The fourth-order valence-corrected chi connectivity index (χ4v) is 6.27. The largest absolute Gasteiger partial charge is 0.350 e. The van der Waals surface area contributed by atoms with Crippen LogP contribution in [-0.2, 0) is 9.84 Å². The Balaban J connectivity index is 1.63. The third-order valence-electron chi connectivity index (χ3n) is 3.64. The molecule has 2 unspecified atom stereocenters. The van der Waals surface area contributed by atoms with Crippen LogP contribution >= 0.6 is 11.8 Å². The minimum absolute atomic E-state index is 0.0265. The van der Waals surface area contributed by atoms with E-state index in [-0.39, 0.29) is 34.7 Å². The van der Waals surface area contributed by atoms with Gasteiger partial charge in [-0.05, 0) is 38.1 Å². The first-order valence-corrected chi connectivity index (χ1v) is 10.2. The van der Waals surface area contributed by atoms with Crippen LogP contribution in [-0.4, -0.2) is 48.3 Å². The molecule has 0 aliphatic carbocycles. The van der Waals surface area contributed by atoms with Crippen LogP contribution in [0.5, 0.6) is 0 Å². The van der Waals surface area contributed by atoms with Gasteiger partial charge in [0, 0.05) is 22.5 Å². The molecule has 0 bridgehead atoms. The number of hydrogen-bond acceptors (Lipinski definition) is 6. The van der Waals surface area contributed by atoms with Crippen molar-refractivity contribution in [2.75, 3.05) is 16.8 Å². The average molecular weight is 353 g/mol. The summed E-state index contributed by atoms with van der Waals surface area (Å²) in [5.41, 5.74) is 1.44. The Morgan fingerprint density at radius 1 is 1.26 bits per heavy atom. The number of nitrogens with one attached hydrogen (secondary N) is 2. The van der Waals surface area contributed by atoms with Crippen molar-refractivity contribution in [3.8, 4) is 0 Å². The second kappa shape index (κ2) is 6.16. The van der Waals surface area contributed by atoms with Crippen LogP contribution in [0.2, 0.25) is 0 Å². The van der Waals surface area contributed by atoms with E-state index < -0.39 is 9.84 Å². The highest BCUT2D eigenvalue weighted by atomic mass is 32.2. The van der Waals surface area contributed by atoms with Crippen molar-refractivity contribution in [1.82, 2.24) is 5.32 Å². The lowest BCUT2D eigenvalue weighted by Gasteiger charge is -2.10. The fourth-order valence-electron chi connectivity index (χ4n) is 2.59. The van der Waals surface area contributed by atoms with Gasteiger partial charge in [-0.1, -0.05) is 11.8 Å². The van der Waals surface area contributed by atoms with Crippen LogP contribution in [0.1, 0.15) is 24.2 Å². The molecule has 0 saturated carbocycles. The van der Waals surface area contributed by atoms with Crippen LogP contribution in [0.4, 0.5) is 5.69 Å². The number of nitrogens with zero attached hydrogens (tertiary/aromatic N) is 1.